The summed E-state index contributed by atoms with van der Waals surface area (Å²) < 4.78 is 36.5. The maximum atomic E-state index is 12.3. The van der Waals surface area contributed by atoms with E-state index in [1.807, 2.05) is 0 Å². The maximum absolute atomic E-state index is 12.3. The van der Waals surface area contributed by atoms with Crippen LogP contribution in [0.2, 0.25) is 0 Å². The predicted octanol–water partition coefficient (Wildman–Crippen LogP) is 0.182. The summed E-state index contributed by atoms with van der Waals surface area (Å²) in [7, 11) is -2.29. The monoisotopic (exact) mass is 317 g/mol. The molecule has 1 fully saturated rings. The van der Waals surface area contributed by atoms with Gasteiger partial charge < -0.3 is 9.26 Å². The van der Waals surface area contributed by atoms with Crippen molar-refractivity contribution in [2.75, 3.05) is 13.7 Å². The topological polar surface area (TPSA) is 111 Å². The zero-order valence-corrected chi connectivity index (χ0v) is 12.9. The van der Waals surface area contributed by atoms with E-state index < -0.39 is 27.2 Å². The number of sulfonamides is 1. The van der Waals surface area contributed by atoms with Crippen LogP contribution < -0.4 is 4.72 Å². The molecule has 0 spiro atoms. The van der Waals surface area contributed by atoms with Crippen molar-refractivity contribution in [1.29, 1.82) is 0 Å². The van der Waals surface area contributed by atoms with Crippen molar-refractivity contribution in [3.63, 3.8) is 0 Å². The fraction of sp³-hybridized carbons (Fsp3) is 0.750. The Morgan fingerprint density at radius 2 is 2.24 bits per heavy atom. The highest BCUT2D eigenvalue weighted by Gasteiger charge is 2.41. The molecule has 0 aliphatic heterocycles. The van der Waals surface area contributed by atoms with E-state index in [0.29, 0.717) is 37.4 Å². The molecule has 1 aliphatic carbocycles. The first-order chi connectivity index (χ1) is 9.94. The molecule has 0 radical (unpaired) electrons. The Morgan fingerprint density at radius 3 is 2.86 bits per heavy atom. The SMILES string of the molecule is COC(=O)C1CCCC1S(=O)(=O)NCCc1noc(C)n1. The van der Waals surface area contributed by atoms with Gasteiger partial charge in [0.05, 0.1) is 18.3 Å². The van der Waals surface area contributed by atoms with E-state index in [-0.39, 0.29) is 6.54 Å². The zero-order valence-electron chi connectivity index (χ0n) is 12.0. The molecular weight excluding hydrogens is 298 g/mol. The Bertz CT molecular complexity index is 598. The van der Waals surface area contributed by atoms with Gasteiger partial charge in [0.15, 0.2) is 5.82 Å². The quantitative estimate of drug-likeness (QED) is 0.745. The van der Waals surface area contributed by atoms with Crippen LogP contribution in [0.25, 0.3) is 0 Å². The largest absolute Gasteiger partial charge is 0.469 e. The molecule has 1 saturated carbocycles. The average molecular weight is 317 g/mol. The molecule has 9 heteroatoms. The van der Waals surface area contributed by atoms with Crippen LogP contribution in [0.5, 0.6) is 0 Å². The van der Waals surface area contributed by atoms with Crippen molar-refractivity contribution >= 4 is 16.0 Å². The van der Waals surface area contributed by atoms with Gasteiger partial charge in [0, 0.05) is 19.9 Å². The maximum Gasteiger partial charge on any atom is 0.310 e. The zero-order chi connectivity index (χ0) is 15.5. The molecule has 1 aromatic rings. The lowest BCUT2D eigenvalue weighted by Crippen LogP contribution is -2.40. The first-order valence-electron chi connectivity index (χ1n) is 6.79. The van der Waals surface area contributed by atoms with Crippen molar-refractivity contribution in [2.45, 2.75) is 37.9 Å². The van der Waals surface area contributed by atoms with Crippen LogP contribution in [0.15, 0.2) is 4.52 Å². The van der Waals surface area contributed by atoms with E-state index in [4.69, 9.17) is 4.52 Å². The van der Waals surface area contributed by atoms with E-state index in [0.717, 1.165) is 0 Å². The molecule has 2 unspecified atom stereocenters. The van der Waals surface area contributed by atoms with Crippen molar-refractivity contribution in [3.8, 4) is 0 Å². The van der Waals surface area contributed by atoms with Crippen LogP contribution in [0.1, 0.15) is 31.0 Å². The number of methoxy groups -OCH3 is 1. The minimum atomic E-state index is -3.56. The molecule has 0 aromatic carbocycles. The molecule has 0 bridgehead atoms. The molecule has 0 amide bonds. The number of aromatic nitrogens is 2. The summed E-state index contributed by atoms with van der Waals surface area (Å²) in [5.74, 6) is -0.155. The van der Waals surface area contributed by atoms with Gasteiger partial charge in [-0.25, -0.2) is 13.1 Å². The van der Waals surface area contributed by atoms with Crippen molar-refractivity contribution in [3.05, 3.63) is 11.7 Å². The number of esters is 1. The van der Waals surface area contributed by atoms with Gasteiger partial charge in [0.25, 0.3) is 0 Å². The summed E-state index contributed by atoms with van der Waals surface area (Å²) >= 11 is 0. The van der Waals surface area contributed by atoms with Gasteiger partial charge in [-0.05, 0) is 12.8 Å². The number of carbonyl (C=O) groups excluding carboxylic acids is 1. The van der Waals surface area contributed by atoms with Crippen LogP contribution in [0.3, 0.4) is 0 Å². The van der Waals surface area contributed by atoms with Crippen molar-refractivity contribution in [1.82, 2.24) is 14.9 Å². The lowest BCUT2D eigenvalue weighted by Gasteiger charge is -2.18. The minimum Gasteiger partial charge on any atom is -0.469 e. The van der Waals surface area contributed by atoms with E-state index in [1.165, 1.54) is 7.11 Å². The van der Waals surface area contributed by atoms with E-state index in [2.05, 4.69) is 19.6 Å². The second-order valence-corrected chi connectivity index (χ2v) is 7.00. The molecule has 1 aromatic heterocycles. The number of carbonyl (C=O) groups is 1. The van der Waals surface area contributed by atoms with Crippen molar-refractivity contribution < 1.29 is 22.5 Å². The van der Waals surface area contributed by atoms with Gasteiger partial charge in [-0.2, -0.15) is 4.98 Å². The normalized spacial score (nSPS) is 22.4. The molecule has 8 nitrogen and oxygen atoms in total. The van der Waals surface area contributed by atoms with Crippen LogP contribution in [-0.2, 0) is 26.0 Å². The Hall–Kier alpha value is -1.48. The summed E-state index contributed by atoms with van der Waals surface area (Å²) in [5.41, 5.74) is 0. The summed E-state index contributed by atoms with van der Waals surface area (Å²) in [6.07, 6.45) is 2.06. The number of nitrogens with zero attached hydrogens (tertiary/aromatic N) is 2. The van der Waals surface area contributed by atoms with Gasteiger partial charge in [-0.3, -0.25) is 4.79 Å². The van der Waals surface area contributed by atoms with E-state index in [1.54, 1.807) is 6.92 Å². The van der Waals surface area contributed by atoms with Crippen LogP contribution in [0.4, 0.5) is 0 Å². The third kappa shape index (κ3) is 3.79. The van der Waals surface area contributed by atoms with Crippen molar-refractivity contribution in [2.24, 2.45) is 5.92 Å². The number of nitrogens with one attached hydrogen (secondary N) is 1. The molecule has 2 atom stereocenters. The highest BCUT2D eigenvalue weighted by Crippen LogP contribution is 2.31. The Balaban J connectivity index is 1.93. The van der Waals surface area contributed by atoms with Gasteiger partial charge in [0.1, 0.15) is 0 Å². The first kappa shape index (κ1) is 15.9. The lowest BCUT2D eigenvalue weighted by molar-refractivity contribution is -0.145. The fourth-order valence-corrected chi connectivity index (χ4v) is 4.33. The van der Waals surface area contributed by atoms with E-state index >= 15 is 0 Å². The van der Waals surface area contributed by atoms with Gasteiger partial charge in [-0.15, -0.1) is 0 Å². The number of hydrogen-bond acceptors (Lipinski definition) is 7. The average Bonchev–Trinajstić information content (AvgIpc) is 3.07. The number of hydrogen-bond donors (Lipinski definition) is 1. The minimum absolute atomic E-state index is 0.172. The lowest BCUT2D eigenvalue weighted by atomic mass is 10.1. The molecule has 1 N–H and O–H groups in total. The number of ether oxygens (including phenoxy) is 1. The smallest absolute Gasteiger partial charge is 0.310 e. The summed E-state index contributed by atoms with van der Waals surface area (Å²) in [6.45, 7) is 1.84. The second-order valence-electron chi connectivity index (χ2n) is 5.02. The fourth-order valence-electron chi connectivity index (χ4n) is 2.57. The number of aryl methyl sites for hydroxylation is 1. The van der Waals surface area contributed by atoms with Crippen LogP contribution >= 0.6 is 0 Å². The molecule has 1 aliphatic rings. The molecular formula is C12H19N3O5S. The molecule has 2 rings (SSSR count). The summed E-state index contributed by atoms with van der Waals surface area (Å²) in [4.78, 5) is 15.6. The molecule has 0 saturated heterocycles. The Morgan fingerprint density at radius 1 is 1.48 bits per heavy atom. The van der Waals surface area contributed by atoms with Crippen LogP contribution in [0, 0.1) is 12.8 Å². The first-order valence-corrected chi connectivity index (χ1v) is 8.34. The predicted molar refractivity (Wildman–Crippen MR) is 72.8 cm³/mol. The third-order valence-electron chi connectivity index (χ3n) is 3.58. The summed E-state index contributed by atoms with van der Waals surface area (Å²) in [6, 6.07) is 0. The summed E-state index contributed by atoms with van der Waals surface area (Å²) in [5, 5.41) is 2.97. The molecule has 1 heterocycles. The number of rotatable bonds is 6. The van der Waals surface area contributed by atoms with Crippen LogP contribution in [-0.4, -0.2) is 43.4 Å². The second kappa shape index (κ2) is 6.52. The standard InChI is InChI=1S/C12H19N3O5S/c1-8-14-11(15-20-8)6-7-13-21(17,18)10-5-3-4-9(10)12(16)19-2/h9-10,13H,3-7H2,1-2H3. The van der Waals surface area contributed by atoms with Gasteiger partial charge in [-0.1, -0.05) is 11.6 Å². The molecule has 21 heavy (non-hydrogen) atoms. The highest BCUT2D eigenvalue weighted by molar-refractivity contribution is 7.90. The Labute approximate surface area is 123 Å². The van der Waals surface area contributed by atoms with E-state index in [9.17, 15) is 13.2 Å². The highest BCUT2D eigenvalue weighted by atomic mass is 32.2. The van der Waals surface area contributed by atoms with Gasteiger partial charge >= 0.3 is 5.97 Å². The third-order valence-corrected chi connectivity index (χ3v) is 5.54. The van der Waals surface area contributed by atoms with Gasteiger partial charge in [0.2, 0.25) is 15.9 Å². The molecule has 118 valence electrons. The Kier molecular flexibility index (Phi) is 4.94.